The summed E-state index contributed by atoms with van der Waals surface area (Å²) in [6.45, 7) is 5.55. The molecule has 148 valence electrons. The van der Waals surface area contributed by atoms with Crippen molar-refractivity contribution in [1.29, 1.82) is 5.26 Å². The number of anilines is 1. The summed E-state index contributed by atoms with van der Waals surface area (Å²) in [5.74, 6) is 0.572. The van der Waals surface area contributed by atoms with Gasteiger partial charge in [0.15, 0.2) is 5.13 Å². The summed E-state index contributed by atoms with van der Waals surface area (Å²) >= 11 is 1.10. The standard InChI is InChI=1S/C18H17F3N4O2S/c19-18(20,21)13-5-12(7-22)15-14(6-13)16(26)23-17(28-15)25-3-1-24(2-4-25)8-11-9-27-10-11/h5-6,11H,1-4,8-10H2. The Labute approximate surface area is 162 Å². The van der Waals surface area contributed by atoms with Crippen molar-refractivity contribution in [3.63, 3.8) is 0 Å². The Morgan fingerprint density at radius 1 is 1.25 bits per heavy atom. The van der Waals surface area contributed by atoms with E-state index in [1.807, 2.05) is 4.90 Å². The molecule has 4 rings (SSSR count). The number of benzene rings is 1. The van der Waals surface area contributed by atoms with Gasteiger partial charge in [0.05, 0.1) is 34.4 Å². The van der Waals surface area contributed by atoms with Crippen LogP contribution in [0.3, 0.4) is 0 Å². The van der Waals surface area contributed by atoms with Gasteiger partial charge in [0.25, 0.3) is 5.56 Å². The highest BCUT2D eigenvalue weighted by Gasteiger charge is 2.32. The van der Waals surface area contributed by atoms with Crippen molar-refractivity contribution in [2.24, 2.45) is 5.92 Å². The number of hydrogen-bond acceptors (Lipinski definition) is 7. The molecule has 0 N–H and O–H groups in total. The normalized spacial score (nSPS) is 18.9. The van der Waals surface area contributed by atoms with Gasteiger partial charge < -0.3 is 9.64 Å². The zero-order chi connectivity index (χ0) is 19.9. The third-order valence-electron chi connectivity index (χ3n) is 5.02. The first-order valence-corrected chi connectivity index (χ1v) is 9.68. The van der Waals surface area contributed by atoms with Crippen LogP contribution >= 0.6 is 11.3 Å². The van der Waals surface area contributed by atoms with Gasteiger partial charge in [-0.2, -0.15) is 23.4 Å². The first kappa shape index (κ1) is 19.1. The Balaban J connectivity index is 1.61. The minimum Gasteiger partial charge on any atom is -0.381 e. The highest BCUT2D eigenvalue weighted by atomic mass is 32.1. The average Bonchev–Trinajstić information content (AvgIpc) is 2.63. The molecule has 2 aliphatic rings. The lowest BCUT2D eigenvalue weighted by molar-refractivity contribution is -0.137. The number of nitriles is 1. The molecule has 3 heterocycles. The Morgan fingerprint density at radius 2 is 1.96 bits per heavy atom. The molecule has 0 saturated carbocycles. The number of hydrogen-bond donors (Lipinski definition) is 0. The number of rotatable bonds is 3. The van der Waals surface area contributed by atoms with Gasteiger partial charge in [-0.15, -0.1) is 0 Å². The van der Waals surface area contributed by atoms with E-state index in [9.17, 15) is 23.2 Å². The lowest BCUT2D eigenvalue weighted by Gasteiger charge is -2.38. The Kier molecular flexibility index (Phi) is 4.99. The molecule has 0 amide bonds. The minimum absolute atomic E-state index is 0.154. The Hall–Kier alpha value is -2.22. The smallest absolute Gasteiger partial charge is 0.381 e. The first-order valence-electron chi connectivity index (χ1n) is 8.86. The number of piperazine rings is 1. The van der Waals surface area contributed by atoms with E-state index in [0.29, 0.717) is 24.1 Å². The van der Waals surface area contributed by atoms with Crippen LogP contribution in [0, 0.1) is 17.2 Å². The molecule has 2 saturated heterocycles. The minimum atomic E-state index is -4.63. The summed E-state index contributed by atoms with van der Waals surface area (Å²) in [6, 6.07) is 3.36. The molecule has 10 heteroatoms. The summed E-state index contributed by atoms with van der Waals surface area (Å²) in [5.41, 5.74) is -1.90. The predicted molar refractivity (Wildman–Crippen MR) is 98.6 cm³/mol. The van der Waals surface area contributed by atoms with Crippen LogP contribution in [0.1, 0.15) is 11.1 Å². The largest absolute Gasteiger partial charge is 0.416 e. The summed E-state index contributed by atoms with van der Waals surface area (Å²) < 4.78 is 44.6. The highest BCUT2D eigenvalue weighted by molar-refractivity contribution is 7.22. The van der Waals surface area contributed by atoms with Gasteiger partial charge in [0, 0.05) is 38.6 Å². The number of halogens is 3. The monoisotopic (exact) mass is 410 g/mol. The van der Waals surface area contributed by atoms with Crippen molar-refractivity contribution in [3.05, 3.63) is 33.6 Å². The van der Waals surface area contributed by atoms with E-state index in [4.69, 9.17) is 4.74 Å². The van der Waals surface area contributed by atoms with Crippen molar-refractivity contribution in [2.75, 3.05) is 50.8 Å². The molecular weight excluding hydrogens is 393 g/mol. The second-order valence-electron chi connectivity index (χ2n) is 7.00. The summed E-state index contributed by atoms with van der Waals surface area (Å²) in [7, 11) is 0. The van der Waals surface area contributed by atoms with Crippen molar-refractivity contribution < 1.29 is 17.9 Å². The maximum absolute atomic E-state index is 13.0. The van der Waals surface area contributed by atoms with Gasteiger partial charge in [0.2, 0.25) is 0 Å². The molecule has 28 heavy (non-hydrogen) atoms. The molecule has 1 aromatic carbocycles. The van der Waals surface area contributed by atoms with Crippen LogP contribution in [0.15, 0.2) is 16.9 Å². The van der Waals surface area contributed by atoms with Crippen LogP contribution in [0.25, 0.3) is 10.1 Å². The van der Waals surface area contributed by atoms with Gasteiger partial charge >= 0.3 is 6.18 Å². The predicted octanol–water partition coefficient (Wildman–Crippen LogP) is 2.32. The third-order valence-corrected chi connectivity index (χ3v) is 6.20. The molecule has 0 spiro atoms. The van der Waals surface area contributed by atoms with Crippen LogP contribution in [-0.2, 0) is 10.9 Å². The topological polar surface area (TPSA) is 69.5 Å². The zero-order valence-corrected chi connectivity index (χ0v) is 15.6. The van der Waals surface area contributed by atoms with Gasteiger partial charge in [-0.25, -0.2) is 0 Å². The molecule has 2 aliphatic heterocycles. The SMILES string of the molecule is N#Cc1cc(C(F)(F)F)cc2c(=O)nc(N3CCN(CC4COC4)CC3)sc12. The van der Waals surface area contributed by atoms with Crippen molar-refractivity contribution in [2.45, 2.75) is 6.18 Å². The molecule has 6 nitrogen and oxygen atoms in total. The van der Waals surface area contributed by atoms with E-state index in [1.165, 1.54) is 0 Å². The Morgan fingerprint density at radius 3 is 2.54 bits per heavy atom. The van der Waals surface area contributed by atoms with Crippen LogP contribution in [0.2, 0.25) is 0 Å². The molecule has 0 radical (unpaired) electrons. The van der Waals surface area contributed by atoms with Gasteiger partial charge in [0.1, 0.15) is 6.07 Å². The second-order valence-corrected chi connectivity index (χ2v) is 7.98. The molecule has 0 unspecified atom stereocenters. The maximum atomic E-state index is 13.0. The van der Waals surface area contributed by atoms with E-state index >= 15 is 0 Å². The fourth-order valence-electron chi connectivity index (χ4n) is 3.42. The summed E-state index contributed by atoms with van der Waals surface area (Å²) in [6.07, 6.45) is -4.63. The fourth-order valence-corrected chi connectivity index (χ4v) is 4.51. The molecule has 1 aromatic heterocycles. The lowest BCUT2D eigenvalue weighted by atomic mass is 10.1. The van der Waals surface area contributed by atoms with Gasteiger partial charge in [-0.05, 0) is 12.1 Å². The number of ether oxygens (including phenoxy) is 1. The van der Waals surface area contributed by atoms with Crippen LogP contribution in [-0.4, -0.2) is 55.8 Å². The summed E-state index contributed by atoms with van der Waals surface area (Å²) in [4.78, 5) is 20.7. The van der Waals surface area contributed by atoms with Gasteiger partial charge in [-0.3, -0.25) is 9.69 Å². The fraction of sp³-hybridized carbons (Fsp3) is 0.500. The van der Waals surface area contributed by atoms with Crippen molar-refractivity contribution >= 4 is 26.6 Å². The molecule has 2 aromatic rings. The number of aromatic nitrogens is 1. The van der Waals surface area contributed by atoms with Crippen molar-refractivity contribution in [3.8, 4) is 6.07 Å². The number of nitrogens with zero attached hydrogens (tertiary/aromatic N) is 4. The zero-order valence-electron chi connectivity index (χ0n) is 14.8. The maximum Gasteiger partial charge on any atom is 0.416 e. The van der Waals surface area contributed by atoms with Crippen LogP contribution in [0.4, 0.5) is 18.3 Å². The quantitative estimate of drug-likeness (QED) is 0.774. The molecule has 0 aliphatic carbocycles. The van der Waals surface area contributed by atoms with Crippen LogP contribution < -0.4 is 10.5 Å². The average molecular weight is 410 g/mol. The Bertz CT molecular complexity index is 989. The second kappa shape index (κ2) is 7.31. The van der Waals surface area contributed by atoms with E-state index in [1.54, 1.807) is 6.07 Å². The molecular formula is C18H17F3N4O2S. The highest BCUT2D eigenvalue weighted by Crippen LogP contribution is 2.35. The van der Waals surface area contributed by atoms with E-state index in [0.717, 1.165) is 56.3 Å². The summed E-state index contributed by atoms with van der Waals surface area (Å²) in [5, 5.41) is 9.58. The third kappa shape index (κ3) is 3.70. The van der Waals surface area contributed by atoms with E-state index < -0.39 is 17.3 Å². The lowest BCUT2D eigenvalue weighted by Crippen LogP contribution is -2.50. The van der Waals surface area contributed by atoms with Gasteiger partial charge in [-0.1, -0.05) is 11.3 Å². The van der Waals surface area contributed by atoms with E-state index in [-0.39, 0.29) is 15.6 Å². The number of alkyl halides is 3. The van der Waals surface area contributed by atoms with E-state index in [2.05, 4.69) is 9.88 Å². The first-order chi connectivity index (χ1) is 13.3. The van der Waals surface area contributed by atoms with Crippen LogP contribution in [0.5, 0.6) is 0 Å². The number of fused-ring (bicyclic) bond motifs is 1. The molecule has 2 fully saturated rings. The van der Waals surface area contributed by atoms with Crippen molar-refractivity contribution in [1.82, 2.24) is 9.88 Å². The molecule has 0 bridgehead atoms. The molecule has 0 atom stereocenters.